The Hall–Kier alpha value is -2.38. The minimum Gasteiger partial charge on any atom is -0.340 e. The number of nitrogens with one attached hydrogen (secondary N) is 1. The highest BCUT2D eigenvalue weighted by Gasteiger charge is 2.50. The van der Waals surface area contributed by atoms with Crippen LogP contribution in [0.4, 0.5) is 0 Å². The molecule has 27 heavy (non-hydrogen) atoms. The predicted octanol–water partition coefficient (Wildman–Crippen LogP) is 0.320. The molecule has 8 heteroatoms. The maximum Gasteiger partial charge on any atom is 0.328 e. The van der Waals surface area contributed by atoms with Gasteiger partial charge in [-0.05, 0) is 32.1 Å². The van der Waals surface area contributed by atoms with Crippen molar-refractivity contribution in [2.45, 2.75) is 57.5 Å². The van der Waals surface area contributed by atoms with Crippen LogP contribution in [0.1, 0.15) is 44.9 Å². The van der Waals surface area contributed by atoms with Crippen molar-refractivity contribution in [1.82, 2.24) is 19.4 Å². The summed E-state index contributed by atoms with van der Waals surface area (Å²) in [5, 5.41) is 0. The summed E-state index contributed by atoms with van der Waals surface area (Å²) in [4.78, 5) is 54.8. The van der Waals surface area contributed by atoms with Crippen molar-refractivity contribution < 1.29 is 9.59 Å². The molecule has 0 radical (unpaired) electrons. The van der Waals surface area contributed by atoms with Gasteiger partial charge < -0.3 is 9.80 Å². The molecule has 1 spiro atoms. The third kappa shape index (κ3) is 3.33. The van der Waals surface area contributed by atoms with Crippen LogP contribution in [0.3, 0.4) is 0 Å². The molecule has 1 aromatic heterocycles. The first-order valence-corrected chi connectivity index (χ1v) is 9.87. The first-order chi connectivity index (χ1) is 13.0. The van der Waals surface area contributed by atoms with Crippen molar-refractivity contribution in [3.8, 4) is 0 Å². The lowest BCUT2D eigenvalue weighted by Gasteiger charge is -2.42. The molecule has 2 amide bonds. The number of likely N-dealkylation sites (tertiary alicyclic amines) is 2. The number of H-pyrrole nitrogens is 1. The van der Waals surface area contributed by atoms with Crippen LogP contribution in [-0.2, 0) is 16.1 Å². The number of aromatic amines is 1. The molecule has 3 heterocycles. The van der Waals surface area contributed by atoms with Crippen molar-refractivity contribution in [3.63, 3.8) is 0 Å². The van der Waals surface area contributed by atoms with Gasteiger partial charge in [0, 0.05) is 37.9 Å². The zero-order chi connectivity index (χ0) is 19.0. The quantitative estimate of drug-likeness (QED) is 0.824. The molecule has 2 saturated heterocycles. The third-order valence-electron chi connectivity index (χ3n) is 6.44. The summed E-state index contributed by atoms with van der Waals surface area (Å²) >= 11 is 0. The molecule has 2 aliphatic heterocycles. The number of aromatic nitrogens is 2. The summed E-state index contributed by atoms with van der Waals surface area (Å²) < 4.78 is 1.20. The highest BCUT2D eigenvalue weighted by molar-refractivity contribution is 5.86. The van der Waals surface area contributed by atoms with Crippen molar-refractivity contribution >= 4 is 11.8 Å². The van der Waals surface area contributed by atoms with Gasteiger partial charge in [-0.2, -0.15) is 0 Å². The smallest absolute Gasteiger partial charge is 0.328 e. The number of hydrogen-bond acceptors (Lipinski definition) is 4. The molecule has 1 aliphatic carbocycles. The summed E-state index contributed by atoms with van der Waals surface area (Å²) in [6, 6.07) is 1.60. The van der Waals surface area contributed by atoms with Crippen molar-refractivity contribution in [1.29, 1.82) is 0 Å². The number of carbonyl (C=O) groups excluding carboxylic acids is 2. The van der Waals surface area contributed by atoms with Gasteiger partial charge >= 0.3 is 5.69 Å². The van der Waals surface area contributed by atoms with Gasteiger partial charge in [0.25, 0.3) is 5.56 Å². The van der Waals surface area contributed by atoms with Gasteiger partial charge in [-0.15, -0.1) is 0 Å². The van der Waals surface area contributed by atoms with E-state index in [0.29, 0.717) is 25.6 Å². The van der Waals surface area contributed by atoms with Gasteiger partial charge in [-0.25, -0.2) is 4.79 Å². The fraction of sp³-hybridized carbons (Fsp3) is 0.684. The average Bonchev–Trinajstić information content (AvgIpc) is 3.31. The van der Waals surface area contributed by atoms with Crippen LogP contribution >= 0.6 is 0 Å². The molecule has 1 saturated carbocycles. The lowest BCUT2D eigenvalue weighted by Crippen LogP contribution is -2.53. The standard InChI is InChI=1S/C19H26N4O4/c24-15-6-10-21(18(27)20-15)12-16(25)22-11-8-19(13-22)7-3-9-23(17(19)26)14-4-1-2-5-14/h6,10,14H,1-5,7-9,11-13H2,(H,20,24,27)/t19-/m0/s1. The third-order valence-corrected chi connectivity index (χ3v) is 6.44. The maximum atomic E-state index is 13.2. The van der Waals surface area contributed by atoms with Crippen LogP contribution in [0.2, 0.25) is 0 Å². The molecule has 0 bridgehead atoms. The van der Waals surface area contributed by atoms with E-state index in [0.717, 1.165) is 32.2 Å². The Balaban J connectivity index is 1.45. The minimum atomic E-state index is -0.592. The van der Waals surface area contributed by atoms with Gasteiger partial charge in [-0.3, -0.25) is 23.9 Å². The molecule has 8 nitrogen and oxygen atoms in total. The zero-order valence-electron chi connectivity index (χ0n) is 15.5. The van der Waals surface area contributed by atoms with E-state index in [2.05, 4.69) is 9.88 Å². The van der Waals surface area contributed by atoms with E-state index in [-0.39, 0.29) is 18.4 Å². The fourth-order valence-electron chi connectivity index (χ4n) is 4.94. The van der Waals surface area contributed by atoms with Crippen molar-refractivity contribution in [3.05, 3.63) is 33.1 Å². The second-order valence-corrected chi connectivity index (χ2v) is 8.12. The largest absolute Gasteiger partial charge is 0.340 e. The summed E-state index contributed by atoms with van der Waals surface area (Å²) in [7, 11) is 0. The van der Waals surface area contributed by atoms with E-state index >= 15 is 0 Å². The van der Waals surface area contributed by atoms with E-state index in [4.69, 9.17) is 0 Å². The highest BCUT2D eigenvalue weighted by Crippen LogP contribution is 2.42. The Morgan fingerprint density at radius 1 is 1.11 bits per heavy atom. The first-order valence-electron chi connectivity index (χ1n) is 9.87. The van der Waals surface area contributed by atoms with Gasteiger partial charge in [0.2, 0.25) is 11.8 Å². The topological polar surface area (TPSA) is 95.5 Å². The lowest BCUT2D eigenvalue weighted by atomic mass is 9.77. The van der Waals surface area contributed by atoms with Gasteiger partial charge in [0.15, 0.2) is 0 Å². The number of nitrogens with zero attached hydrogens (tertiary/aromatic N) is 3. The first kappa shape index (κ1) is 18.0. The minimum absolute atomic E-state index is 0.119. The summed E-state index contributed by atoms with van der Waals surface area (Å²) in [6.07, 6.45) is 8.43. The molecule has 146 valence electrons. The summed E-state index contributed by atoms with van der Waals surface area (Å²) in [5.74, 6) is 0.0315. The molecule has 3 fully saturated rings. The van der Waals surface area contributed by atoms with Crippen LogP contribution in [-0.4, -0.2) is 56.8 Å². The van der Waals surface area contributed by atoms with Crippen LogP contribution in [0.15, 0.2) is 21.9 Å². The molecular formula is C19H26N4O4. The molecule has 1 atom stereocenters. The Bertz CT molecular complexity index is 854. The number of carbonyl (C=O) groups is 2. The van der Waals surface area contributed by atoms with Crippen LogP contribution in [0.25, 0.3) is 0 Å². The van der Waals surface area contributed by atoms with E-state index < -0.39 is 16.7 Å². The van der Waals surface area contributed by atoms with E-state index in [1.165, 1.54) is 29.7 Å². The van der Waals surface area contributed by atoms with Crippen molar-refractivity contribution in [2.75, 3.05) is 19.6 Å². The van der Waals surface area contributed by atoms with Gasteiger partial charge in [-0.1, -0.05) is 12.8 Å². The maximum absolute atomic E-state index is 13.2. The number of amides is 2. The molecule has 0 unspecified atom stereocenters. The van der Waals surface area contributed by atoms with Crippen molar-refractivity contribution in [2.24, 2.45) is 5.41 Å². The summed E-state index contributed by atoms with van der Waals surface area (Å²) in [6.45, 7) is 1.70. The number of piperidine rings is 1. The molecule has 3 aliphatic rings. The highest BCUT2D eigenvalue weighted by atomic mass is 16.2. The van der Waals surface area contributed by atoms with Crippen LogP contribution in [0, 0.1) is 5.41 Å². The summed E-state index contributed by atoms with van der Waals surface area (Å²) in [5.41, 5.74) is -1.53. The molecule has 0 aromatic carbocycles. The normalized spacial score (nSPS) is 26.3. The van der Waals surface area contributed by atoms with E-state index in [1.807, 2.05) is 0 Å². The number of rotatable bonds is 3. The Morgan fingerprint density at radius 3 is 2.63 bits per heavy atom. The SMILES string of the molecule is O=C(Cn1ccc(=O)[nH]c1=O)N1CC[C@@]2(CCCN(C3CCCC3)C2=O)C1. The Kier molecular flexibility index (Phi) is 4.65. The van der Waals surface area contributed by atoms with E-state index in [9.17, 15) is 19.2 Å². The second-order valence-electron chi connectivity index (χ2n) is 8.12. The molecular weight excluding hydrogens is 348 g/mol. The molecule has 1 aromatic rings. The lowest BCUT2D eigenvalue weighted by molar-refractivity contribution is -0.148. The Labute approximate surface area is 157 Å². The Morgan fingerprint density at radius 2 is 1.89 bits per heavy atom. The van der Waals surface area contributed by atoms with Crippen LogP contribution in [0.5, 0.6) is 0 Å². The van der Waals surface area contributed by atoms with E-state index in [1.54, 1.807) is 4.90 Å². The second kappa shape index (κ2) is 6.98. The van der Waals surface area contributed by atoms with Gasteiger partial charge in [0.05, 0.1) is 5.41 Å². The molecule has 1 N–H and O–H groups in total. The zero-order valence-corrected chi connectivity index (χ0v) is 15.5. The van der Waals surface area contributed by atoms with Gasteiger partial charge in [0.1, 0.15) is 6.54 Å². The molecule has 4 rings (SSSR count). The monoisotopic (exact) mass is 374 g/mol. The number of hydrogen-bond donors (Lipinski definition) is 1. The predicted molar refractivity (Wildman–Crippen MR) is 98.2 cm³/mol. The van der Waals surface area contributed by atoms with Crippen LogP contribution < -0.4 is 11.2 Å². The average molecular weight is 374 g/mol. The fourth-order valence-corrected chi connectivity index (χ4v) is 4.94.